The Labute approximate surface area is 214 Å². The van der Waals surface area contributed by atoms with Gasteiger partial charge in [-0.1, -0.05) is 29.8 Å². The number of thiophene rings is 1. The number of carbonyl (C=O) groups excluding carboxylic acids is 2. The van der Waals surface area contributed by atoms with Gasteiger partial charge in [0, 0.05) is 22.5 Å². The molecule has 2 amide bonds. The Morgan fingerprint density at radius 3 is 2.57 bits per heavy atom. The zero-order chi connectivity index (χ0) is 25.3. The summed E-state index contributed by atoms with van der Waals surface area (Å²) in [6.45, 7) is 6.37. The normalized spacial score (nSPS) is 17.3. The molecule has 3 aromatic rings. The maximum atomic E-state index is 13.3. The highest BCUT2D eigenvalue weighted by molar-refractivity contribution is 7.89. The number of hydrogen-bond acceptors (Lipinski definition) is 5. The maximum absolute atomic E-state index is 13.3. The smallest absolute Gasteiger partial charge is 0.245 e. The third kappa shape index (κ3) is 5.53. The van der Waals surface area contributed by atoms with Crippen LogP contribution in [0.5, 0.6) is 0 Å². The number of sulfonamides is 1. The van der Waals surface area contributed by atoms with Crippen molar-refractivity contribution in [1.82, 2.24) is 14.5 Å². The van der Waals surface area contributed by atoms with Crippen molar-refractivity contribution in [3.8, 4) is 0 Å². The molecule has 1 fully saturated rings. The molecule has 1 saturated heterocycles. The van der Waals surface area contributed by atoms with E-state index in [0.717, 1.165) is 15.6 Å². The van der Waals surface area contributed by atoms with Crippen LogP contribution in [-0.4, -0.2) is 54.7 Å². The van der Waals surface area contributed by atoms with Gasteiger partial charge in [0.15, 0.2) is 0 Å². The number of likely N-dealkylation sites (tertiary alicyclic amines) is 1. The molecular formula is C25H28ClN3O4S2. The van der Waals surface area contributed by atoms with Crippen LogP contribution in [0.1, 0.15) is 32.1 Å². The van der Waals surface area contributed by atoms with Crippen molar-refractivity contribution in [3.05, 3.63) is 63.8 Å². The van der Waals surface area contributed by atoms with Crippen molar-refractivity contribution in [2.45, 2.75) is 56.8 Å². The Morgan fingerprint density at radius 1 is 1.17 bits per heavy atom. The maximum Gasteiger partial charge on any atom is 0.245 e. The van der Waals surface area contributed by atoms with Crippen LogP contribution >= 0.6 is 22.9 Å². The summed E-state index contributed by atoms with van der Waals surface area (Å²) in [5.41, 5.74) is 0. The van der Waals surface area contributed by atoms with E-state index < -0.39 is 22.1 Å². The minimum absolute atomic E-state index is 0.0400. The van der Waals surface area contributed by atoms with Gasteiger partial charge < -0.3 is 9.80 Å². The molecule has 10 heteroatoms. The van der Waals surface area contributed by atoms with Gasteiger partial charge in [-0.3, -0.25) is 9.59 Å². The zero-order valence-electron chi connectivity index (χ0n) is 19.8. The summed E-state index contributed by atoms with van der Waals surface area (Å²) in [6, 6.07) is 12.2. The molecule has 0 saturated carbocycles. The number of nitrogens with zero attached hydrogens (tertiary/aromatic N) is 2. The lowest BCUT2D eigenvalue weighted by Gasteiger charge is -2.33. The molecule has 4 rings (SSSR count). The molecule has 1 aliphatic rings. The van der Waals surface area contributed by atoms with Gasteiger partial charge >= 0.3 is 0 Å². The van der Waals surface area contributed by atoms with E-state index in [0.29, 0.717) is 24.5 Å². The van der Waals surface area contributed by atoms with Gasteiger partial charge in [-0.2, -0.15) is 4.72 Å². The van der Waals surface area contributed by atoms with E-state index in [4.69, 9.17) is 11.6 Å². The first kappa shape index (κ1) is 25.6. The Morgan fingerprint density at radius 2 is 1.89 bits per heavy atom. The van der Waals surface area contributed by atoms with Crippen LogP contribution in [0, 0.1) is 0 Å². The fourth-order valence-corrected chi connectivity index (χ4v) is 6.41. The van der Waals surface area contributed by atoms with E-state index in [1.807, 2.05) is 31.4 Å². The summed E-state index contributed by atoms with van der Waals surface area (Å²) in [6.07, 6.45) is 0.297. The molecule has 1 N–H and O–H groups in total. The summed E-state index contributed by atoms with van der Waals surface area (Å²) in [5, 5.41) is 4.09. The molecule has 2 heterocycles. The molecule has 7 nitrogen and oxygen atoms in total. The molecule has 35 heavy (non-hydrogen) atoms. The SMILES string of the molecule is CC(C)N(Cc1cccs1)C(=O)[C@H](C)N1CC[C@H](NS(=O)(=O)c2ccc3cc(Cl)ccc3c2)C1=O. The van der Waals surface area contributed by atoms with Gasteiger partial charge in [-0.05, 0) is 73.7 Å². The molecule has 0 radical (unpaired) electrons. The fraction of sp³-hybridized carbons (Fsp3) is 0.360. The van der Waals surface area contributed by atoms with Crippen molar-refractivity contribution < 1.29 is 18.0 Å². The number of nitrogens with one attached hydrogen (secondary N) is 1. The first-order valence-electron chi connectivity index (χ1n) is 11.4. The number of hydrogen-bond donors (Lipinski definition) is 1. The number of amides is 2. The summed E-state index contributed by atoms with van der Waals surface area (Å²) in [4.78, 5) is 30.8. The zero-order valence-corrected chi connectivity index (χ0v) is 22.2. The van der Waals surface area contributed by atoms with Crippen LogP contribution in [0.4, 0.5) is 0 Å². The lowest BCUT2D eigenvalue weighted by atomic mass is 10.1. The van der Waals surface area contributed by atoms with Crippen LogP contribution < -0.4 is 4.72 Å². The van der Waals surface area contributed by atoms with Crippen LogP contribution in [0.3, 0.4) is 0 Å². The van der Waals surface area contributed by atoms with E-state index >= 15 is 0 Å². The Hall–Kier alpha value is -2.46. The number of rotatable bonds is 8. The molecule has 2 aromatic carbocycles. The van der Waals surface area contributed by atoms with E-state index in [-0.39, 0.29) is 22.8 Å². The lowest BCUT2D eigenvalue weighted by Crippen LogP contribution is -2.51. The number of halogens is 1. The Kier molecular flexibility index (Phi) is 7.51. The van der Waals surface area contributed by atoms with Gasteiger partial charge in [-0.15, -0.1) is 11.3 Å². The fourth-order valence-electron chi connectivity index (χ4n) is 4.27. The average molecular weight is 534 g/mol. The minimum Gasteiger partial charge on any atom is -0.333 e. The van der Waals surface area contributed by atoms with Crippen molar-refractivity contribution in [2.24, 2.45) is 0 Å². The second kappa shape index (κ2) is 10.3. The average Bonchev–Trinajstić information content (AvgIpc) is 3.45. The third-order valence-corrected chi connectivity index (χ3v) is 8.82. The van der Waals surface area contributed by atoms with Gasteiger partial charge in [-0.25, -0.2) is 8.42 Å². The van der Waals surface area contributed by atoms with Gasteiger partial charge in [0.1, 0.15) is 12.1 Å². The summed E-state index contributed by atoms with van der Waals surface area (Å²) >= 11 is 7.59. The van der Waals surface area contributed by atoms with Crippen LogP contribution in [0.15, 0.2) is 58.8 Å². The quantitative estimate of drug-likeness (QED) is 0.469. The first-order valence-corrected chi connectivity index (χ1v) is 14.2. The van der Waals surface area contributed by atoms with Crippen molar-refractivity contribution in [2.75, 3.05) is 6.54 Å². The molecule has 1 aliphatic heterocycles. The number of fused-ring (bicyclic) bond motifs is 1. The highest BCUT2D eigenvalue weighted by Gasteiger charge is 2.40. The molecule has 186 valence electrons. The Balaban J connectivity index is 1.46. The molecular weight excluding hydrogens is 506 g/mol. The molecule has 0 spiro atoms. The first-order chi connectivity index (χ1) is 16.6. The molecule has 0 unspecified atom stereocenters. The minimum atomic E-state index is -3.94. The number of benzene rings is 2. The van der Waals surface area contributed by atoms with E-state index in [9.17, 15) is 18.0 Å². The number of carbonyl (C=O) groups is 2. The summed E-state index contributed by atoms with van der Waals surface area (Å²) in [7, 11) is -3.94. The lowest BCUT2D eigenvalue weighted by molar-refractivity contribution is -0.144. The topological polar surface area (TPSA) is 86.8 Å². The van der Waals surface area contributed by atoms with Crippen molar-refractivity contribution in [3.63, 3.8) is 0 Å². The second-order valence-electron chi connectivity index (χ2n) is 8.96. The van der Waals surface area contributed by atoms with E-state index in [1.54, 1.807) is 53.5 Å². The van der Waals surface area contributed by atoms with Crippen LogP contribution in [-0.2, 0) is 26.2 Å². The standard InChI is InChI=1S/C25H28ClN3O4S2/c1-16(2)29(15-21-5-4-12-34-21)24(30)17(3)28-11-10-23(25(28)31)27-35(32,33)22-9-7-18-13-20(26)8-6-19(18)14-22/h4-9,12-14,16-17,23,27H,10-11,15H2,1-3H3/t17-,23-/m0/s1. The predicted molar refractivity (Wildman–Crippen MR) is 139 cm³/mol. The summed E-state index contributed by atoms with van der Waals surface area (Å²) in [5.74, 6) is -0.541. The molecule has 0 bridgehead atoms. The summed E-state index contributed by atoms with van der Waals surface area (Å²) < 4.78 is 28.6. The monoisotopic (exact) mass is 533 g/mol. The Bertz CT molecular complexity index is 1340. The molecule has 2 atom stereocenters. The third-order valence-electron chi connectivity index (χ3n) is 6.26. The highest BCUT2D eigenvalue weighted by Crippen LogP contribution is 2.25. The molecule has 0 aliphatic carbocycles. The van der Waals surface area contributed by atoms with Gasteiger partial charge in [0.05, 0.1) is 11.4 Å². The van der Waals surface area contributed by atoms with Gasteiger partial charge in [0.25, 0.3) is 0 Å². The van der Waals surface area contributed by atoms with Crippen LogP contribution in [0.25, 0.3) is 10.8 Å². The van der Waals surface area contributed by atoms with Crippen molar-refractivity contribution in [1.29, 1.82) is 0 Å². The van der Waals surface area contributed by atoms with E-state index in [1.165, 1.54) is 11.0 Å². The van der Waals surface area contributed by atoms with Gasteiger partial charge in [0.2, 0.25) is 21.8 Å². The van der Waals surface area contributed by atoms with Crippen molar-refractivity contribution >= 4 is 55.5 Å². The largest absolute Gasteiger partial charge is 0.333 e. The second-order valence-corrected chi connectivity index (χ2v) is 12.1. The highest BCUT2D eigenvalue weighted by atomic mass is 35.5. The predicted octanol–water partition coefficient (Wildman–Crippen LogP) is 4.26. The van der Waals surface area contributed by atoms with E-state index in [2.05, 4.69) is 4.72 Å². The van der Waals surface area contributed by atoms with Crippen LogP contribution in [0.2, 0.25) is 5.02 Å². The molecule has 1 aromatic heterocycles.